The van der Waals surface area contributed by atoms with Crippen LogP contribution in [0.25, 0.3) is 22.5 Å². The summed E-state index contributed by atoms with van der Waals surface area (Å²) >= 11 is 0. The van der Waals surface area contributed by atoms with E-state index >= 15 is 0 Å². The van der Waals surface area contributed by atoms with Crippen molar-refractivity contribution in [1.82, 2.24) is 9.80 Å². The normalized spacial score (nSPS) is 18.8. The molecular weight excluding hydrogens is 472 g/mol. The Bertz CT molecular complexity index is 1540. The number of fused-ring (bicyclic) bond motifs is 3. The van der Waals surface area contributed by atoms with Crippen molar-refractivity contribution in [2.75, 3.05) is 19.6 Å². The van der Waals surface area contributed by atoms with Crippen molar-refractivity contribution in [2.24, 2.45) is 5.41 Å². The van der Waals surface area contributed by atoms with Crippen LogP contribution in [0.5, 0.6) is 0 Å². The minimum absolute atomic E-state index is 0.0739. The fourth-order valence-corrected chi connectivity index (χ4v) is 6.11. The molecule has 0 aromatic heterocycles. The molecule has 0 spiro atoms. The van der Waals surface area contributed by atoms with Gasteiger partial charge in [-0.3, -0.25) is 0 Å². The number of allylic oxidation sites excluding steroid dienone is 4. The van der Waals surface area contributed by atoms with E-state index in [2.05, 4.69) is 141 Å². The number of rotatable bonds is 4. The molecule has 2 heteroatoms. The largest absolute Gasteiger partial charge is 0.366 e. The molecule has 0 unspecified atom stereocenters. The van der Waals surface area contributed by atoms with Crippen molar-refractivity contribution in [2.45, 2.75) is 33.6 Å². The lowest BCUT2D eigenvalue weighted by atomic mass is 9.81. The van der Waals surface area contributed by atoms with Crippen LogP contribution >= 0.6 is 0 Å². The first-order valence-electron chi connectivity index (χ1n) is 14.1. The highest BCUT2D eigenvalue weighted by Crippen LogP contribution is 2.44. The lowest BCUT2D eigenvalue weighted by Crippen LogP contribution is -2.39. The fraction of sp³-hybridized carbons (Fsp3) is 0.243. The SMILES string of the molecule is C=C([C@@H]1CN2CC(C)=CC=C2c2ccccc21)N1CC=C(C(C)(C)C)C=C1c1cccc(-c2ccccc2)c1. The fourth-order valence-electron chi connectivity index (χ4n) is 6.11. The van der Waals surface area contributed by atoms with E-state index in [1.807, 2.05) is 0 Å². The molecule has 0 fully saturated rings. The molecule has 3 aliphatic heterocycles. The Morgan fingerprint density at radius 1 is 0.821 bits per heavy atom. The van der Waals surface area contributed by atoms with Crippen molar-refractivity contribution in [3.05, 3.63) is 143 Å². The third-order valence-electron chi connectivity index (χ3n) is 8.28. The van der Waals surface area contributed by atoms with E-state index in [4.69, 9.17) is 6.58 Å². The molecule has 2 nitrogen and oxygen atoms in total. The maximum Gasteiger partial charge on any atom is 0.0487 e. The second-order valence-corrected chi connectivity index (χ2v) is 12.1. The molecule has 3 heterocycles. The van der Waals surface area contributed by atoms with E-state index in [9.17, 15) is 0 Å². The topological polar surface area (TPSA) is 6.48 Å². The molecule has 3 aromatic rings. The van der Waals surface area contributed by atoms with Gasteiger partial charge in [-0.25, -0.2) is 0 Å². The Kier molecular flexibility index (Phi) is 6.43. The molecule has 0 saturated heterocycles. The maximum absolute atomic E-state index is 4.80. The lowest BCUT2D eigenvalue weighted by molar-refractivity contribution is 0.360. The van der Waals surface area contributed by atoms with Crippen molar-refractivity contribution >= 4 is 11.4 Å². The van der Waals surface area contributed by atoms with Gasteiger partial charge in [0.05, 0.1) is 0 Å². The van der Waals surface area contributed by atoms with Gasteiger partial charge in [0.2, 0.25) is 0 Å². The Hall–Kier alpha value is -4.04. The molecule has 1 atom stereocenters. The van der Waals surface area contributed by atoms with Crippen LogP contribution < -0.4 is 0 Å². The molecular formula is C37H38N2. The van der Waals surface area contributed by atoms with Gasteiger partial charge in [-0.05, 0) is 58.4 Å². The summed E-state index contributed by atoms with van der Waals surface area (Å²) in [5, 5.41) is 0. The predicted octanol–water partition coefficient (Wildman–Crippen LogP) is 8.90. The van der Waals surface area contributed by atoms with Crippen molar-refractivity contribution in [1.29, 1.82) is 0 Å². The third-order valence-corrected chi connectivity index (χ3v) is 8.28. The molecule has 0 radical (unpaired) electrons. The highest BCUT2D eigenvalue weighted by molar-refractivity contribution is 5.77. The molecule has 0 N–H and O–H groups in total. The summed E-state index contributed by atoms with van der Waals surface area (Å²) in [6, 6.07) is 28.5. The number of hydrogen-bond acceptors (Lipinski definition) is 2. The van der Waals surface area contributed by atoms with Crippen LogP contribution in [0, 0.1) is 5.41 Å². The summed E-state index contributed by atoms with van der Waals surface area (Å²) in [4.78, 5) is 5.00. The summed E-state index contributed by atoms with van der Waals surface area (Å²) in [5.74, 6) is 0.217. The second-order valence-electron chi connectivity index (χ2n) is 12.1. The average molecular weight is 511 g/mol. The zero-order chi connectivity index (χ0) is 27.1. The molecule has 3 aliphatic rings. The number of benzene rings is 3. The van der Waals surface area contributed by atoms with E-state index in [0.29, 0.717) is 0 Å². The minimum Gasteiger partial charge on any atom is -0.366 e. The summed E-state index contributed by atoms with van der Waals surface area (Å²) in [6.07, 6.45) is 9.34. The standard InChI is InChI=1S/C37H38N2/c1-26-18-19-35-33-17-10-9-16-32(33)34(25-38(35)24-26)27(2)39-21-20-31(37(3,4)5)23-36(39)30-15-11-14-29(22-30)28-12-7-6-8-13-28/h6-20,22-23,34H,2,21,24-25H2,1,3-5H3/t34-/m0/s1. The van der Waals surface area contributed by atoms with Crippen LogP contribution in [0.3, 0.4) is 0 Å². The third kappa shape index (κ3) is 4.81. The van der Waals surface area contributed by atoms with Gasteiger partial charge in [0.1, 0.15) is 0 Å². The average Bonchev–Trinajstić information content (AvgIpc) is 2.96. The second kappa shape index (κ2) is 9.93. The first-order valence-corrected chi connectivity index (χ1v) is 14.1. The molecule has 6 rings (SSSR count). The van der Waals surface area contributed by atoms with E-state index in [1.165, 1.54) is 50.4 Å². The van der Waals surface area contributed by atoms with Gasteiger partial charge in [-0.1, -0.05) is 118 Å². The van der Waals surface area contributed by atoms with Crippen LogP contribution in [0.4, 0.5) is 0 Å². The summed E-state index contributed by atoms with van der Waals surface area (Å²) in [7, 11) is 0. The van der Waals surface area contributed by atoms with Crippen LogP contribution in [0.1, 0.15) is 50.3 Å². The van der Waals surface area contributed by atoms with Gasteiger partial charge in [-0.2, -0.15) is 0 Å². The van der Waals surface area contributed by atoms with Crippen LogP contribution in [0.15, 0.2) is 127 Å². The first-order chi connectivity index (χ1) is 18.8. The van der Waals surface area contributed by atoms with Gasteiger partial charge >= 0.3 is 0 Å². The Morgan fingerprint density at radius 2 is 1.54 bits per heavy atom. The quantitative estimate of drug-likeness (QED) is 0.346. The summed E-state index contributed by atoms with van der Waals surface area (Å²) in [6.45, 7) is 16.7. The lowest BCUT2D eigenvalue weighted by Gasteiger charge is -2.44. The van der Waals surface area contributed by atoms with E-state index in [-0.39, 0.29) is 11.3 Å². The van der Waals surface area contributed by atoms with E-state index < -0.39 is 0 Å². The molecule has 0 amide bonds. The van der Waals surface area contributed by atoms with E-state index in [1.54, 1.807) is 0 Å². The Labute approximate surface area is 234 Å². The van der Waals surface area contributed by atoms with Crippen LogP contribution in [-0.2, 0) is 0 Å². The highest BCUT2D eigenvalue weighted by atomic mass is 15.2. The zero-order valence-electron chi connectivity index (χ0n) is 23.6. The van der Waals surface area contributed by atoms with Gasteiger partial charge in [0.15, 0.2) is 0 Å². The van der Waals surface area contributed by atoms with Crippen molar-refractivity contribution < 1.29 is 0 Å². The van der Waals surface area contributed by atoms with Gasteiger partial charge in [0, 0.05) is 48.2 Å². The molecule has 39 heavy (non-hydrogen) atoms. The minimum atomic E-state index is 0.0739. The number of nitrogens with zero attached hydrogens (tertiary/aromatic N) is 2. The monoisotopic (exact) mass is 510 g/mol. The van der Waals surface area contributed by atoms with E-state index in [0.717, 1.165) is 25.3 Å². The summed E-state index contributed by atoms with van der Waals surface area (Å²) in [5.41, 5.74) is 13.0. The van der Waals surface area contributed by atoms with Crippen LogP contribution in [0.2, 0.25) is 0 Å². The smallest absolute Gasteiger partial charge is 0.0487 e. The molecule has 0 saturated carbocycles. The van der Waals surface area contributed by atoms with Crippen molar-refractivity contribution in [3.8, 4) is 11.1 Å². The van der Waals surface area contributed by atoms with Crippen molar-refractivity contribution in [3.63, 3.8) is 0 Å². The Morgan fingerprint density at radius 3 is 2.33 bits per heavy atom. The van der Waals surface area contributed by atoms with Gasteiger partial charge in [-0.15, -0.1) is 0 Å². The molecule has 3 aromatic carbocycles. The zero-order valence-corrected chi connectivity index (χ0v) is 23.6. The Balaban J connectivity index is 1.41. The maximum atomic E-state index is 4.80. The predicted molar refractivity (Wildman–Crippen MR) is 166 cm³/mol. The molecule has 196 valence electrons. The summed E-state index contributed by atoms with van der Waals surface area (Å²) < 4.78 is 0. The van der Waals surface area contributed by atoms with Gasteiger partial charge in [0.25, 0.3) is 0 Å². The molecule has 0 bridgehead atoms. The first kappa shape index (κ1) is 25.2. The van der Waals surface area contributed by atoms with Crippen LogP contribution in [-0.4, -0.2) is 29.4 Å². The molecule has 0 aliphatic carbocycles. The number of hydrogen-bond donors (Lipinski definition) is 0. The highest BCUT2D eigenvalue weighted by Gasteiger charge is 2.34. The van der Waals surface area contributed by atoms with Gasteiger partial charge < -0.3 is 9.80 Å².